The molecule has 0 fully saturated rings. The summed E-state index contributed by atoms with van der Waals surface area (Å²) in [6, 6.07) is 6.33. The molecule has 108 valence electrons. The highest BCUT2D eigenvalue weighted by atomic mass is 35.5. The molecule has 3 rings (SSSR count). The number of fused-ring (bicyclic) bond motifs is 1. The van der Waals surface area contributed by atoms with Gasteiger partial charge in [-0.05, 0) is 32.3 Å². The Balaban J connectivity index is 2.29. The van der Waals surface area contributed by atoms with E-state index in [-0.39, 0.29) is 0 Å². The number of carbonyl (C=O) groups is 1. The van der Waals surface area contributed by atoms with Crippen LogP contribution in [-0.4, -0.2) is 16.1 Å². The first-order chi connectivity index (χ1) is 10.0. The van der Waals surface area contributed by atoms with Gasteiger partial charge in [-0.2, -0.15) is 5.10 Å². The molecular weight excluding hydrogens is 284 g/mol. The summed E-state index contributed by atoms with van der Waals surface area (Å²) in [4.78, 5) is 11.2. The van der Waals surface area contributed by atoms with Gasteiger partial charge in [0, 0.05) is 23.7 Å². The number of allylic oxidation sites excluding steroid dienone is 1. The Morgan fingerprint density at radius 1 is 1.29 bits per heavy atom. The Morgan fingerprint density at radius 2 is 2.05 bits per heavy atom. The van der Waals surface area contributed by atoms with Gasteiger partial charge in [-0.25, -0.2) is 0 Å². The van der Waals surface area contributed by atoms with Crippen LogP contribution in [0.5, 0.6) is 0 Å². The Hall–Kier alpha value is -1.87. The molecule has 1 aromatic heterocycles. The third kappa shape index (κ3) is 2.22. The molecule has 0 spiro atoms. The second-order valence-corrected chi connectivity index (χ2v) is 5.95. The van der Waals surface area contributed by atoms with Crippen LogP contribution >= 0.6 is 11.6 Å². The Kier molecular flexibility index (Phi) is 3.46. The highest BCUT2D eigenvalue weighted by Gasteiger charge is 2.26. The maximum Gasteiger partial charge on any atom is 0.147 e. The summed E-state index contributed by atoms with van der Waals surface area (Å²) >= 11 is 6.46. The van der Waals surface area contributed by atoms with Crippen molar-refractivity contribution >= 4 is 22.9 Å². The van der Waals surface area contributed by atoms with E-state index in [1.54, 1.807) is 0 Å². The summed E-state index contributed by atoms with van der Waals surface area (Å²) in [5, 5.41) is 5.14. The van der Waals surface area contributed by atoms with Crippen molar-refractivity contribution in [2.24, 2.45) is 7.05 Å². The summed E-state index contributed by atoms with van der Waals surface area (Å²) in [6.07, 6.45) is 2.29. The van der Waals surface area contributed by atoms with Crippen molar-refractivity contribution in [1.82, 2.24) is 9.78 Å². The third-order valence-electron chi connectivity index (χ3n) is 4.03. The van der Waals surface area contributed by atoms with E-state index in [9.17, 15) is 4.79 Å². The molecule has 1 aliphatic carbocycles. The second-order valence-electron chi connectivity index (χ2n) is 5.57. The van der Waals surface area contributed by atoms with Gasteiger partial charge < -0.3 is 0 Å². The molecule has 0 amide bonds. The second kappa shape index (κ2) is 5.15. The van der Waals surface area contributed by atoms with Crippen LogP contribution in [0.2, 0.25) is 0 Å². The lowest BCUT2D eigenvalue weighted by molar-refractivity contribution is -0.105. The number of carbonyl (C=O) groups excluding carboxylic acids is 1. The van der Waals surface area contributed by atoms with Crippen molar-refractivity contribution in [3.63, 3.8) is 0 Å². The lowest BCUT2D eigenvalue weighted by Gasteiger charge is -2.15. The van der Waals surface area contributed by atoms with Crippen LogP contribution in [0.1, 0.15) is 28.8 Å². The first-order valence-electron chi connectivity index (χ1n) is 7.00. The summed E-state index contributed by atoms with van der Waals surface area (Å²) in [5.74, 6) is 0. The Labute approximate surface area is 129 Å². The summed E-state index contributed by atoms with van der Waals surface area (Å²) < 4.78 is 1.87. The van der Waals surface area contributed by atoms with E-state index < -0.39 is 0 Å². The van der Waals surface area contributed by atoms with Gasteiger partial charge in [0.15, 0.2) is 0 Å². The highest BCUT2D eigenvalue weighted by Crippen LogP contribution is 2.40. The van der Waals surface area contributed by atoms with Gasteiger partial charge in [0.1, 0.15) is 6.29 Å². The molecule has 2 aromatic rings. The smallest absolute Gasteiger partial charge is 0.147 e. The van der Waals surface area contributed by atoms with Gasteiger partial charge in [-0.15, -0.1) is 0 Å². The van der Waals surface area contributed by atoms with E-state index in [1.165, 1.54) is 11.1 Å². The van der Waals surface area contributed by atoms with Crippen LogP contribution in [0.25, 0.3) is 16.3 Å². The van der Waals surface area contributed by atoms with Gasteiger partial charge in [-0.1, -0.05) is 35.4 Å². The first kappa shape index (κ1) is 14.1. The van der Waals surface area contributed by atoms with Crippen molar-refractivity contribution in [2.45, 2.75) is 26.7 Å². The number of hydrogen-bond acceptors (Lipinski definition) is 2. The van der Waals surface area contributed by atoms with Crippen molar-refractivity contribution in [2.75, 3.05) is 0 Å². The number of aromatic nitrogens is 2. The van der Waals surface area contributed by atoms with Gasteiger partial charge >= 0.3 is 0 Å². The van der Waals surface area contributed by atoms with E-state index in [0.29, 0.717) is 17.0 Å². The van der Waals surface area contributed by atoms with Gasteiger partial charge in [0.2, 0.25) is 0 Å². The zero-order chi connectivity index (χ0) is 15.1. The molecule has 1 heterocycles. The van der Waals surface area contributed by atoms with Gasteiger partial charge in [-0.3, -0.25) is 9.48 Å². The Bertz CT molecular complexity index is 771. The van der Waals surface area contributed by atoms with E-state index >= 15 is 0 Å². The molecule has 0 unspecified atom stereocenters. The maximum absolute atomic E-state index is 11.2. The fourth-order valence-electron chi connectivity index (χ4n) is 3.01. The lowest BCUT2D eigenvalue weighted by atomic mass is 9.92. The fraction of sp³-hybridized carbons (Fsp3) is 0.294. The lowest BCUT2D eigenvalue weighted by Crippen LogP contribution is -2.03. The SMILES string of the molecule is Cc1ccc(-c2c3c(nn2C)CCC(C=O)=C3Cl)c(C)c1. The molecule has 4 heteroatoms. The summed E-state index contributed by atoms with van der Waals surface area (Å²) in [7, 11) is 1.93. The summed E-state index contributed by atoms with van der Waals surface area (Å²) in [6.45, 7) is 4.16. The monoisotopic (exact) mass is 300 g/mol. The van der Waals surface area contributed by atoms with Crippen molar-refractivity contribution in [3.05, 3.63) is 46.2 Å². The number of halogens is 1. The van der Waals surface area contributed by atoms with Crippen LogP contribution in [0.15, 0.2) is 23.8 Å². The number of rotatable bonds is 2. The zero-order valence-corrected chi connectivity index (χ0v) is 13.2. The molecule has 0 radical (unpaired) electrons. The van der Waals surface area contributed by atoms with E-state index in [2.05, 4.69) is 37.1 Å². The molecule has 3 nitrogen and oxygen atoms in total. The van der Waals surface area contributed by atoms with E-state index in [1.807, 2.05) is 11.7 Å². The number of aryl methyl sites for hydroxylation is 4. The van der Waals surface area contributed by atoms with E-state index in [4.69, 9.17) is 11.6 Å². The minimum absolute atomic E-state index is 0.550. The molecule has 0 aliphatic heterocycles. The number of nitrogens with zero attached hydrogens (tertiary/aromatic N) is 2. The average Bonchev–Trinajstić information content (AvgIpc) is 2.77. The molecule has 0 N–H and O–H groups in total. The average molecular weight is 301 g/mol. The maximum atomic E-state index is 11.2. The highest BCUT2D eigenvalue weighted by molar-refractivity contribution is 6.51. The molecule has 0 atom stereocenters. The largest absolute Gasteiger partial charge is 0.298 e. The van der Waals surface area contributed by atoms with Crippen LogP contribution < -0.4 is 0 Å². The first-order valence-corrected chi connectivity index (χ1v) is 7.38. The van der Waals surface area contributed by atoms with Crippen molar-refractivity contribution < 1.29 is 4.79 Å². The minimum Gasteiger partial charge on any atom is -0.298 e. The number of benzene rings is 1. The topological polar surface area (TPSA) is 34.9 Å². The van der Waals surface area contributed by atoms with Crippen LogP contribution in [-0.2, 0) is 18.3 Å². The fourth-order valence-corrected chi connectivity index (χ4v) is 3.35. The van der Waals surface area contributed by atoms with Crippen molar-refractivity contribution in [1.29, 1.82) is 0 Å². The predicted molar refractivity (Wildman–Crippen MR) is 85.3 cm³/mol. The zero-order valence-electron chi connectivity index (χ0n) is 12.4. The normalized spacial score (nSPS) is 14.3. The van der Waals surface area contributed by atoms with Gasteiger partial charge in [0.25, 0.3) is 0 Å². The summed E-state index contributed by atoms with van der Waals surface area (Å²) in [5.41, 5.74) is 7.07. The predicted octanol–water partition coefficient (Wildman–Crippen LogP) is 3.80. The quantitative estimate of drug-likeness (QED) is 0.791. The molecule has 0 saturated carbocycles. The number of aldehydes is 1. The molecular formula is C17H17ClN2O. The third-order valence-corrected chi connectivity index (χ3v) is 4.46. The number of hydrogen-bond donors (Lipinski definition) is 0. The van der Waals surface area contributed by atoms with Crippen LogP contribution in [0, 0.1) is 13.8 Å². The van der Waals surface area contributed by atoms with Crippen LogP contribution in [0.4, 0.5) is 0 Å². The van der Waals surface area contributed by atoms with Crippen LogP contribution in [0.3, 0.4) is 0 Å². The molecule has 0 saturated heterocycles. The molecule has 1 aromatic carbocycles. The van der Waals surface area contributed by atoms with Gasteiger partial charge in [0.05, 0.1) is 16.4 Å². The Morgan fingerprint density at radius 3 is 2.71 bits per heavy atom. The van der Waals surface area contributed by atoms with E-state index in [0.717, 1.165) is 35.2 Å². The standard InChI is InChI=1S/C17H17ClN2O/c1-10-4-6-13(11(2)8-10)17-15-14(19-20(17)3)7-5-12(9-21)16(15)18/h4,6,8-9H,5,7H2,1-3H3. The molecule has 1 aliphatic rings. The van der Waals surface area contributed by atoms with Crippen molar-refractivity contribution in [3.8, 4) is 11.3 Å². The molecule has 0 bridgehead atoms. The minimum atomic E-state index is 0.550. The molecule has 21 heavy (non-hydrogen) atoms.